The molecule has 0 aliphatic rings. The van der Waals surface area contributed by atoms with Crippen molar-refractivity contribution in [1.29, 1.82) is 0 Å². The van der Waals surface area contributed by atoms with Crippen molar-refractivity contribution in [2.24, 2.45) is 0 Å². The van der Waals surface area contributed by atoms with Gasteiger partial charge in [0.05, 0.1) is 5.02 Å². The zero-order valence-electron chi connectivity index (χ0n) is 9.65. The van der Waals surface area contributed by atoms with E-state index in [0.717, 1.165) is 0 Å². The molecule has 0 amide bonds. The third-order valence-corrected chi connectivity index (χ3v) is 2.28. The van der Waals surface area contributed by atoms with Crippen LogP contribution in [0.15, 0.2) is 36.6 Å². The van der Waals surface area contributed by atoms with Crippen LogP contribution in [-0.2, 0) is 4.79 Å². The molecule has 0 aliphatic carbocycles. The fourth-order valence-electron chi connectivity index (χ4n) is 1.11. The van der Waals surface area contributed by atoms with Gasteiger partial charge in [-0.15, -0.1) is 0 Å². The first-order valence-electron chi connectivity index (χ1n) is 5.01. The van der Waals surface area contributed by atoms with Crippen LogP contribution in [0.25, 0.3) is 6.08 Å². The van der Waals surface area contributed by atoms with E-state index >= 15 is 0 Å². The molecule has 0 saturated carbocycles. The zero-order chi connectivity index (χ0) is 12.8. The third kappa shape index (κ3) is 4.41. The van der Waals surface area contributed by atoms with E-state index in [1.54, 1.807) is 31.3 Å². The molecule has 4 heteroatoms. The largest absolute Gasteiger partial charge is 0.383 e. The van der Waals surface area contributed by atoms with Crippen LogP contribution in [0.5, 0.6) is 0 Å². The number of benzene rings is 1. The Labute approximate surface area is 105 Å². The first kappa shape index (κ1) is 13.5. The molecule has 0 spiro atoms. The van der Waals surface area contributed by atoms with Gasteiger partial charge >= 0.3 is 0 Å². The lowest BCUT2D eigenvalue weighted by Crippen LogP contribution is -2.01. The van der Waals surface area contributed by atoms with Crippen molar-refractivity contribution in [3.63, 3.8) is 0 Å². The molecule has 0 aromatic heterocycles. The summed E-state index contributed by atoms with van der Waals surface area (Å²) in [6.45, 7) is 0. The molecule has 0 saturated heterocycles. The van der Waals surface area contributed by atoms with E-state index in [9.17, 15) is 9.18 Å². The summed E-state index contributed by atoms with van der Waals surface area (Å²) in [5.74, 6) is -0.670. The number of nitrogens with zero attached hydrogens (tertiary/aromatic N) is 1. The van der Waals surface area contributed by atoms with Crippen LogP contribution in [0.1, 0.15) is 5.56 Å². The maximum absolute atomic E-state index is 13.3. The van der Waals surface area contributed by atoms with Gasteiger partial charge < -0.3 is 4.90 Å². The Kier molecular flexibility index (Phi) is 4.91. The Hall–Kier alpha value is -1.61. The second kappa shape index (κ2) is 6.21. The first-order chi connectivity index (χ1) is 8.00. The maximum Gasteiger partial charge on any atom is 0.180 e. The molecule has 0 fully saturated rings. The Morgan fingerprint density at radius 3 is 2.65 bits per heavy atom. The molecule has 2 nitrogen and oxygen atoms in total. The normalized spacial score (nSPS) is 11.3. The number of ketones is 1. The summed E-state index contributed by atoms with van der Waals surface area (Å²) in [7, 11) is 3.61. The molecule has 1 rings (SSSR count). The van der Waals surface area contributed by atoms with E-state index in [4.69, 9.17) is 11.6 Å². The average Bonchev–Trinajstić information content (AvgIpc) is 2.25. The molecule has 0 unspecified atom stereocenters. The van der Waals surface area contributed by atoms with Crippen LogP contribution in [-0.4, -0.2) is 24.8 Å². The Morgan fingerprint density at radius 1 is 1.35 bits per heavy atom. The molecule has 1 aromatic rings. The van der Waals surface area contributed by atoms with Crippen LogP contribution < -0.4 is 0 Å². The van der Waals surface area contributed by atoms with Crippen molar-refractivity contribution in [1.82, 2.24) is 4.90 Å². The summed E-state index contributed by atoms with van der Waals surface area (Å²) in [6, 6.07) is 4.39. The highest BCUT2D eigenvalue weighted by molar-refractivity contribution is 6.32. The van der Waals surface area contributed by atoms with Gasteiger partial charge in [-0.3, -0.25) is 4.79 Å². The zero-order valence-corrected chi connectivity index (χ0v) is 10.4. The van der Waals surface area contributed by atoms with Crippen LogP contribution in [0.3, 0.4) is 0 Å². The lowest BCUT2D eigenvalue weighted by Gasteiger charge is -2.01. The number of hydrogen-bond donors (Lipinski definition) is 0. The standard InChI is InChI=1S/C13H13ClFNO/c1-16(2)9-8-10(17)6-7-11-12(14)4-3-5-13(11)15/h3-9H,1-2H3/b7-6-,9-8-. The fraction of sp³-hybridized carbons (Fsp3) is 0.154. The van der Waals surface area contributed by atoms with Crippen molar-refractivity contribution in [2.75, 3.05) is 14.1 Å². The molecule has 0 aliphatic heterocycles. The summed E-state index contributed by atoms with van der Waals surface area (Å²) >= 11 is 5.81. The summed E-state index contributed by atoms with van der Waals surface area (Å²) < 4.78 is 13.3. The molecule has 0 radical (unpaired) electrons. The summed E-state index contributed by atoms with van der Waals surface area (Å²) in [6.07, 6.45) is 5.67. The second-order valence-corrected chi connectivity index (χ2v) is 4.06. The van der Waals surface area contributed by atoms with Gasteiger partial charge in [0.15, 0.2) is 5.78 Å². The van der Waals surface area contributed by atoms with Crippen LogP contribution in [0.2, 0.25) is 5.02 Å². The van der Waals surface area contributed by atoms with Crippen molar-refractivity contribution in [3.05, 3.63) is 53.0 Å². The van der Waals surface area contributed by atoms with Gasteiger partial charge in [0.25, 0.3) is 0 Å². The van der Waals surface area contributed by atoms with Crippen molar-refractivity contribution in [2.45, 2.75) is 0 Å². The number of rotatable bonds is 4. The van der Waals surface area contributed by atoms with Gasteiger partial charge in [0, 0.05) is 31.9 Å². The molecule has 0 atom stereocenters. The van der Waals surface area contributed by atoms with Gasteiger partial charge in [0.2, 0.25) is 0 Å². The maximum atomic E-state index is 13.3. The number of carbonyl (C=O) groups excluding carboxylic acids is 1. The highest BCUT2D eigenvalue weighted by atomic mass is 35.5. The second-order valence-electron chi connectivity index (χ2n) is 3.65. The van der Waals surface area contributed by atoms with E-state index in [1.165, 1.54) is 30.4 Å². The molecular weight excluding hydrogens is 241 g/mol. The predicted molar refractivity (Wildman–Crippen MR) is 68.3 cm³/mol. The van der Waals surface area contributed by atoms with Crippen LogP contribution in [0, 0.1) is 5.82 Å². The number of allylic oxidation sites excluding steroid dienone is 2. The third-order valence-electron chi connectivity index (χ3n) is 1.95. The van der Waals surface area contributed by atoms with Gasteiger partial charge in [-0.2, -0.15) is 0 Å². The Balaban J connectivity index is 2.81. The van der Waals surface area contributed by atoms with Gasteiger partial charge in [-0.25, -0.2) is 4.39 Å². The summed E-state index contributed by atoms with van der Waals surface area (Å²) in [5.41, 5.74) is 0.223. The first-order valence-corrected chi connectivity index (χ1v) is 5.39. The SMILES string of the molecule is CN(C)/C=C\C(=O)/C=C\c1c(F)cccc1Cl. The predicted octanol–water partition coefficient (Wildman–Crippen LogP) is 3.14. The Bertz CT molecular complexity index is 446. The molecule has 0 bridgehead atoms. The number of halogens is 2. The molecule has 90 valence electrons. The lowest BCUT2D eigenvalue weighted by atomic mass is 10.2. The average molecular weight is 254 g/mol. The minimum atomic E-state index is -0.446. The van der Waals surface area contributed by atoms with E-state index in [1.807, 2.05) is 0 Å². The molecule has 0 heterocycles. The van der Waals surface area contributed by atoms with E-state index in [0.29, 0.717) is 0 Å². The van der Waals surface area contributed by atoms with Crippen LogP contribution in [0.4, 0.5) is 4.39 Å². The van der Waals surface area contributed by atoms with E-state index in [-0.39, 0.29) is 16.4 Å². The monoisotopic (exact) mass is 253 g/mol. The fourth-order valence-corrected chi connectivity index (χ4v) is 1.34. The summed E-state index contributed by atoms with van der Waals surface area (Å²) in [4.78, 5) is 13.1. The van der Waals surface area contributed by atoms with E-state index in [2.05, 4.69) is 0 Å². The van der Waals surface area contributed by atoms with Gasteiger partial charge in [-0.1, -0.05) is 17.7 Å². The topological polar surface area (TPSA) is 20.3 Å². The molecule has 0 N–H and O–H groups in total. The number of carbonyl (C=O) groups is 1. The molecular formula is C13H13ClFNO. The highest BCUT2D eigenvalue weighted by Gasteiger charge is 2.02. The molecule has 1 aromatic carbocycles. The number of hydrogen-bond acceptors (Lipinski definition) is 2. The van der Waals surface area contributed by atoms with Gasteiger partial charge in [-0.05, 0) is 24.3 Å². The molecule has 17 heavy (non-hydrogen) atoms. The van der Waals surface area contributed by atoms with Gasteiger partial charge in [0.1, 0.15) is 5.82 Å². The summed E-state index contributed by atoms with van der Waals surface area (Å²) in [5, 5.41) is 0.283. The Morgan fingerprint density at radius 2 is 2.06 bits per heavy atom. The minimum absolute atomic E-state index is 0.223. The van der Waals surface area contributed by atoms with Crippen molar-refractivity contribution in [3.8, 4) is 0 Å². The van der Waals surface area contributed by atoms with Crippen molar-refractivity contribution < 1.29 is 9.18 Å². The lowest BCUT2D eigenvalue weighted by molar-refractivity contribution is -0.110. The quantitative estimate of drug-likeness (QED) is 0.769. The van der Waals surface area contributed by atoms with Crippen LogP contribution >= 0.6 is 11.6 Å². The van der Waals surface area contributed by atoms with E-state index < -0.39 is 5.82 Å². The highest BCUT2D eigenvalue weighted by Crippen LogP contribution is 2.20. The van der Waals surface area contributed by atoms with Crippen molar-refractivity contribution >= 4 is 23.5 Å². The minimum Gasteiger partial charge on any atom is -0.383 e. The smallest absolute Gasteiger partial charge is 0.180 e.